The maximum absolute atomic E-state index is 9.96. The average Bonchev–Trinajstić information content (AvgIpc) is 2.21. The standard InChI is InChI=1S/C14H22N2O/c1-11-4-3-5-12(2)13(11)8-16-9-14(17,10-16)6-7-15/h4,12-13,17H,3,5-6,8-10H2,1-2H3/t12-,13-/m1/s1. The first kappa shape index (κ1) is 12.6. The van der Waals surface area contributed by atoms with Gasteiger partial charge in [-0.25, -0.2) is 0 Å². The van der Waals surface area contributed by atoms with E-state index < -0.39 is 5.60 Å². The molecule has 0 radical (unpaired) electrons. The fourth-order valence-electron chi connectivity index (χ4n) is 3.15. The number of nitrogens with zero attached hydrogens (tertiary/aromatic N) is 2. The molecule has 2 atom stereocenters. The van der Waals surface area contributed by atoms with Gasteiger partial charge >= 0.3 is 0 Å². The van der Waals surface area contributed by atoms with Gasteiger partial charge in [-0.1, -0.05) is 18.6 Å². The highest BCUT2D eigenvalue weighted by molar-refractivity contribution is 5.11. The number of hydrogen-bond donors (Lipinski definition) is 1. The van der Waals surface area contributed by atoms with Crippen LogP contribution in [0, 0.1) is 23.2 Å². The normalized spacial score (nSPS) is 32.5. The van der Waals surface area contributed by atoms with E-state index in [1.54, 1.807) is 0 Å². The van der Waals surface area contributed by atoms with Crippen molar-refractivity contribution in [1.82, 2.24) is 4.90 Å². The Morgan fingerprint density at radius 2 is 2.29 bits per heavy atom. The Hall–Kier alpha value is -0.850. The summed E-state index contributed by atoms with van der Waals surface area (Å²) in [4.78, 5) is 2.28. The molecule has 1 saturated heterocycles. The summed E-state index contributed by atoms with van der Waals surface area (Å²) >= 11 is 0. The second-order valence-electron chi connectivity index (χ2n) is 5.84. The SMILES string of the molecule is CC1=CCC[C@@H](C)[C@@H]1CN1CC(O)(CC#N)C1. The highest BCUT2D eigenvalue weighted by Gasteiger charge is 2.42. The van der Waals surface area contributed by atoms with Gasteiger partial charge in [0.05, 0.1) is 12.5 Å². The third-order valence-electron chi connectivity index (χ3n) is 4.26. The molecule has 17 heavy (non-hydrogen) atoms. The highest BCUT2D eigenvalue weighted by atomic mass is 16.3. The summed E-state index contributed by atoms with van der Waals surface area (Å²) in [6, 6.07) is 2.06. The number of allylic oxidation sites excluding steroid dienone is 1. The Kier molecular flexibility index (Phi) is 3.56. The van der Waals surface area contributed by atoms with Gasteiger partial charge in [0.25, 0.3) is 0 Å². The van der Waals surface area contributed by atoms with Crippen molar-refractivity contribution in [3.63, 3.8) is 0 Å². The number of likely N-dealkylation sites (tertiary alicyclic amines) is 1. The molecule has 1 heterocycles. The molecule has 1 N–H and O–H groups in total. The van der Waals surface area contributed by atoms with Crippen molar-refractivity contribution in [1.29, 1.82) is 5.26 Å². The first-order chi connectivity index (χ1) is 8.04. The van der Waals surface area contributed by atoms with Crippen LogP contribution in [-0.4, -0.2) is 35.2 Å². The van der Waals surface area contributed by atoms with Crippen molar-refractivity contribution in [2.45, 2.75) is 38.7 Å². The molecule has 2 aliphatic rings. The van der Waals surface area contributed by atoms with Crippen LogP contribution >= 0.6 is 0 Å². The van der Waals surface area contributed by atoms with E-state index in [9.17, 15) is 5.11 Å². The zero-order chi connectivity index (χ0) is 12.5. The van der Waals surface area contributed by atoms with E-state index >= 15 is 0 Å². The lowest BCUT2D eigenvalue weighted by molar-refractivity contribution is -0.0992. The lowest BCUT2D eigenvalue weighted by atomic mass is 9.78. The molecule has 0 aromatic heterocycles. The molecule has 3 nitrogen and oxygen atoms in total. The van der Waals surface area contributed by atoms with Crippen LogP contribution in [0.1, 0.15) is 33.1 Å². The van der Waals surface area contributed by atoms with E-state index in [-0.39, 0.29) is 6.42 Å². The molecule has 1 aliphatic carbocycles. The van der Waals surface area contributed by atoms with Gasteiger partial charge in [-0.3, -0.25) is 4.90 Å². The number of β-amino-alcohol motifs (C(OH)–C–C–N with tert-alkyl or cyclic N) is 1. The lowest BCUT2D eigenvalue weighted by Crippen LogP contribution is -2.62. The van der Waals surface area contributed by atoms with E-state index in [0.717, 1.165) is 12.5 Å². The van der Waals surface area contributed by atoms with Crippen molar-refractivity contribution in [2.75, 3.05) is 19.6 Å². The molecule has 0 aromatic carbocycles. The number of nitriles is 1. The summed E-state index contributed by atoms with van der Waals surface area (Å²) in [5.41, 5.74) is 0.768. The number of rotatable bonds is 3. The van der Waals surface area contributed by atoms with Crippen molar-refractivity contribution in [2.24, 2.45) is 11.8 Å². The minimum absolute atomic E-state index is 0.262. The van der Waals surface area contributed by atoms with Gasteiger partial charge in [0.15, 0.2) is 0 Å². The third kappa shape index (κ3) is 2.70. The van der Waals surface area contributed by atoms with Crippen LogP contribution in [0.4, 0.5) is 0 Å². The maximum atomic E-state index is 9.96. The summed E-state index contributed by atoms with van der Waals surface area (Å²) in [6.45, 7) is 6.91. The summed E-state index contributed by atoms with van der Waals surface area (Å²) in [5.74, 6) is 1.38. The molecule has 0 saturated carbocycles. The zero-order valence-electron chi connectivity index (χ0n) is 10.8. The Morgan fingerprint density at radius 1 is 1.59 bits per heavy atom. The van der Waals surface area contributed by atoms with Crippen LogP contribution in [0.25, 0.3) is 0 Å². The van der Waals surface area contributed by atoms with Crippen LogP contribution in [-0.2, 0) is 0 Å². The predicted octanol–water partition coefficient (Wildman–Crippen LogP) is 1.94. The molecule has 1 fully saturated rings. The van der Waals surface area contributed by atoms with Gasteiger partial charge in [-0.15, -0.1) is 0 Å². The fourth-order valence-corrected chi connectivity index (χ4v) is 3.15. The van der Waals surface area contributed by atoms with Gasteiger partial charge in [0, 0.05) is 19.6 Å². The molecule has 1 aliphatic heterocycles. The number of hydrogen-bond acceptors (Lipinski definition) is 3. The largest absolute Gasteiger partial charge is 0.386 e. The zero-order valence-corrected chi connectivity index (χ0v) is 10.8. The Bertz CT molecular complexity index is 350. The highest BCUT2D eigenvalue weighted by Crippen LogP contribution is 2.33. The number of aliphatic hydroxyl groups is 1. The monoisotopic (exact) mass is 234 g/mol. The van der Waals surface area contributed by atoms with Crippen molar-refractivity contribution in [3.05, 3.63) is 11.6 Å². The second-order valence-corrected chi connectivity index (χ2v) is 5.84. The van der Waals surface area contributed by atoms with E-state index in [2.05, 4.69) is 30.9 Å². The Labute approximate surface area is 104 Å². The van der Waals surface area contributed by atoms with Gasteiger partial charge < -0.3 is 5.11 Å². The van der Waals surface area contributed by atoms with Crippen LogP contribution in [0.15, 0.2) is 11.6 Å². The molecule has 0 bridgehead atoms. The van der Waals surface area contributed by atoms with E-state index in [1.807, 2.05) is 0 Å². The molecule has 0 amide bonds. The molecule has 0 aromatic rings. The van der Waals surface area contributed by atoms with Gasteiger partial charge in [-0.05, 0) is 31.6 Å². The van der Waals surface area contributed by atoms with Gasteiger partial charge in [0.2, 0.25) is 0 Å². The fraction of sp³-hybridized carbons (Fsp3) is 0.786. The lowest BCUT2D eigenvalue weighted by Gasteiger charge is -2.47. The molecule has 2 rings (SSSR count). The molecule has 0 spiro atoms. The maximum Gasteiger partial charge on any atom is 0.103 e. The molecule has 3 heteroatoms. The van der Waals surface area contributed by atoms with Crippen LogP contribution in [0.5, 0.6) is 0 Å². The third-order valence-corrected chi connectivity index (χ3v) is 4.26. The van der Waals surface area contributed by atoms with Gasteiger partial charge in [-0.2, -0.15) is 5.26 Å². The summed E-state index contributed by atoms with van der Waals surface area (Å²) in [5, 5.41) is 18.6. The summed E-state index contributed by atoms with van der Waals surface area (Å²) in [6.07, 6.45) is 5.10. The minimum atomic E-state index is -0.732. The Balaban J connectivity index is 1.86. The van der Waals surface area contributed by atoms with Crippen molar-refractivity contribution >= 4 is 0 Å². The van der Waals surface area contributed by atoms with Gasteiger partial charge in [0.1, 0.15) is 5.60 Å². The van der Waals surface area contributed by atoms with Crippen LogP contribution in [0.3, 0.4) is 0 Å². The van der Waals surface area contributed by atoms with E-state index in [0.29, 0.717) is 19.0 Å². The first-order valence-corrected chi connectivity index (χ1v) is 6.52. The average molecular weight is 234 g/mol. The van der Waals surface area contributed by atoms with Crippen LogP contribution in [0.2, 0.25) is 0 Å². The van der Waals surface area contributed by atoms with Crippen molar-refractivity contribution in [3.8, 4) is 6.07 Å². The van der Waals surface area contributed by atoms with E-state index in [1.165, 1.54) is 18.4 Å². The summed E-state index contributed by atoms with van der Waals surface area (Å²) < 4.78 is 0. The smallest absolute Gasteiger partial charge is 0.103 e. The Morgan fingerprint density at radius 3 is 2.88 bits per heavy atom. The molecular formula is C14H22N2O. The molecular weight excluding hydrogens is 212 g/mol. The van der Waals surface area contributed by atoms with Crippen LogP contribution < -0.4 is 0 Å². The predicted molar refractivity (Wildman–Crippen MR) is 67.3 cm³/mol. The molecule has 0 unspecified atom stereocenters. The van der Waals surface area contributed by atoms with E-state index in [4.69, 9.17) is 5.26 Å². The minimum Gasteiger partial charge on any atom is -0.386 e. The summed E-state index contributed by atoms with van der Waals surface area (Å²) in [7, 11) is 0. The molecule has 94 valence electrons. The van der Waals surface area contributed by atoms with Crippen molar-refractivity contribution < 1.29 is 5.11 Å². The second kappa shape index (κ2) is 4.80. The first-order valence-electron chi connectivity index (χ1n) is 6.52. The topological polar surface area (TPSA) is 47.3 Å². The quantitative estimate of drug-likeness (QED) is 0.759.